The van der Waals surface area contributed by atoms with Gasteiger partial charge in [0.25, 0.3) is 0 Å². The van der Waals surface area contributed by atoms with Crippen LogP contribution < -0.4 is 5.32 Å². The molecule has 1 heterocycles. The monoisotopic (exact) mass is 416 g/mol. The highest BCUT2D eigenvalue weighted by molar-refractivity contribution is 5.85. The van der Waals surface area contributed by atoms with Crippen LogP contribution in [0, 0.1) is 11.7 Å². The van der Waals surface area contributed by atoms with Gasteiger partial charge in [-0.15, -0.1) is 24.8 Å². The predicted molar refractivity (Wildman–Crippen MR) is 99.7 cm³/mol. The average Bonchev–Trinajstić information content (AvgIpc) is 2.56. The highest BCUT2D eigenvalue weighted by Gasteiger charge is 2.36. The largest absolute Gasteiger partial charge is 0.419 e. The molecule has 1 aromatic carbocycles. The van der Waals surface area contributed by atoms with Gasteiger partial charge in [0.2, 0.25) is 0 Å². The molecule has 0 aromatic heterocycles. The van der Waals surface area contributed by atoms with Gasteiger partial charge in [0.1, 0.15) is 5.82 Å². The highest BCUT2D eigenvalue weighted by atomic mass is 35.5. The Morgan fingerprint density at radius 1 is 1.00 bits per heavy atom. The van der Waals surface area contributed by atoms with E-state index in [-0.39, 0.29) is 30.9 Å². The summed E-state index contributed by atoms with van der Waals surface area (Å²) in [6.07, 6.45) is 1.01. The SMILES string of the molecule is Cl.Cl.Fc1cc([C@@H](C2CCCCC2)N2CCNCC2)ccc1C(F)(F)F. The molecule has 26 heavy (non-hydrogen) atoms. The molecular weight excluding hydrogens is 391 g/mol. The van der Waals surface area contributed by atoms with Crippen LogP contribution in [0.1, 0.15) is 49.3 Å². The Morgan fingerprint density at radius 2 is 1.62 bits per heavy atom. The molecule has 3 rings (SSSR count). The van der Waals surface area contributed by atoms with Gasteiger partial charge in [-0.2, -0.15) is 13.2 Å². The summed E-state index contributed by atoms with van der Waals surface area (Å²) in [5.41, 5.74) is -0.483. The summed E-state index contributed by atoms with van der Waals surface area (Å²) in [7, 11) is 0. The molecular formula is C18H26Cl2F4N2. The molecule has 1 saturated carbocycles. The van der Waals surface area contributed by atoms with E-state index >= 15 is 0 Å². The zero-order valence-corrected chi connectivity index (χ0v) is 16.2. The quantitative estimate of drug-likeness (QED) is 0.679. The number of rotatable bonds is 3. The van der Waals surface area contributed by atoms with E-state index in [9.17, 15) is 17.6 Å². The summed E-state index contributed by atoms with van der Waals surface area (Å²) in [6, 6.07) is 3.52. The number of benzene rings is 1. The van der Waals surface area contributed by atoms with Crippen LogP contribution in [0.25, 0.3) is 0 Å². The van der Waals surface area contributed by atoms with Crippen LogP contribution in [0.2, 0.25) is 0 Å². The van der Waals surface area contributed by atoms with Gasteiger partial charge >= 0.3 is 6.18 Å². The molecule has 1 saturated heterocycles. The number of piperazine rings is 1. The van der Waals surface area contributed by atoms with Crippen LogP contribution in [0.3, 0.4) is 0 Å². The lowest BCUT2D eigenvalue weighted by Crippen LogP contribution is -2.47. The first-order valence-corrected chi connectivity index (χ1v) is 8.78. The summed E-state index contributed by atoms with van der Waals surface area (Å²) < 4.78 is 52.6. The molecule has 8 heteroatoms. The maximum Gasteiger partial charge on any atom is 0.419 e. The Kier molecular flexibility index (Phi) is 9.13. The van der Waals surface area contributed by atoms with Gasteiger partial charge in [-0.3, -0.25) is 4.90 Å². The molecule has 150 valence electrons. The topological polar surface area (TPSA) is 15.3 Å². The van der Waals surface area contributed by atoms with E-state index in [0.29, 0.717) is 11.5 Å². The van der Waals surface area contributed by atoms with E-state index < -0.39 is 17.6 Å². The zero-order chi connectivity index (χ0) is 17.2. The fourth-order valence-corrected chi connectivity index (χ4v) is 4.14. The lowest BCUT2D eigenvalue weighted by Gasteiger charge is -2.41. The lowest BCUT2D eigenvalue weighted by molar-refractivity contribution is -0.140. The van der Waals surface area contributed by atoms with Gasteiger partial charge in [-0.1, -0.05) is 25.3 Å². The molecule has 1 aliphatic heterocycles. The second-order valence-corrected chi connectivity index (χ2v) is 6.87. The van der Waals surface area contributed by atoms with Crippen molar-refractivity contribution in [1.29, 1.82) is 0 Å². The number of nitrogens with one attached hydrogen (secondary N) is 1. The standard InChI is InChI=1S/C18H24F4N2.2ClH/c19-16-12-14(6-7-15(16)18(20,21)22)17(13-4-2-1-3-5-13)24-10-8-23-9-11-24;;/h6-7,12-13,17,23H,1-5,8-11H2;2*1H/t17-;;/m1../s1. The van der Waals surface area contributed by atoms with E-state index in [1.165, 1.54) is 12.5 Å². The molecule has 0 radical (unpaired) electrons. The van der Waals surface area contributed by atoms with Crippen molar-refractivity contribution < 1.29 is 17.6 Å². The Bertz CT molecular complexity index is 539. The van der Waals surface area contributed by atoms with Gasteiger partial charge in [0.05, 0.1) is 5.56 Å². The smallest absolute Gasteiger partial charge is 0.314 e. The molecule has 0 bridgehead atoms. The Labute approximate surface area is 164 Å². The van der Waals surface area contributed by atoms with Crippen molar-refractivity contribution in [3.05, 3.63) is 35.1 Å². The minimum absolute atomic E-state index is 0. The van der Waals surface area contributed by atoms with Crippen LogP contribution in [-0.2, 0) is 6.18 Å². The highest BCUT2D eigenvalue weighted by Crippen LogP contribution is 2.40. The third-order valence-corrected chi connectivity index (χ3v) is 5.28. The van der Waals surface area contributed by atoms with Crippen molar-refractivity contribution >= 4 is 24.8 Å². The number of halogens is 6. The van der Waals surface area contributed by atoms with Crippen LogP contribution in [0.4, 0.5) is 17.6 Å². The van der Waals surface area contributed by atoms with Crippen LogP contribution >= 0.6 is 24.8 Å². The third-order valence-electron chi connectivity index (χ3n) is 5.28. The van der Waals surface area contributed by atoms with E-state index in [4.69, 9.17) is 0 Å². The molecule has 1 atom stereocenters. The third kappa shape index (κ3) is 5.47. The Hall–Kier alpha value is -0.560. The van der Waals surface area contributed by atoms with Crippen molar-refractivity contribution in [1.82, 2.24) is 10.2 Å². The molecule has 0 unspecified atom stereocenters. The van der Waals surface area contributed by atoms with Crippen molar-refractivity contribution in [3.63, 3.8) is 0 Å². The fourth-order valence-electron chi connectivity index (χ4n) is 4.14. The van der Waals surface area contributed by atoms with E-state index in [1.54, 1.807) is 0 Å². The van der Waals surface area contributed by atoms with Gasteiger partial charge in [0, 0.05) is 32.2 Å². The summed E-state index contributed by atoms with van der Waals surface area (Å²) in [5.74, 6) is -0.760. The van der Waals surface area contributed by atoms with E-state index in [1.807, 2.05) is 0 Å². The molecule has 2 fully saturated rings. The second kappa shape index (κ2) is 10.1. The molecule has 1 aromatic rings. The first-order chi connectivity index (χ1) is 11.5. The molecule has 1 aliphatic carbocycles. The predicted octanol–water partition coefficient (Wildman–Crippen LogP) is 5.21. The Balaban J connectivity index is 0.00000169. The summed E-state index contributed by atoms with van der Waals surface area (Å²) in [5, 5.41) is 3.30. The fraction of sp³-hybridized carbons (Fsp3) is 0.667. The van der Waals surface area contributed by atoms with Crippen LogP contribution in [-0.4, -0.2) is 31.1 Å². The van der Waals surface area contributed by atoms with Gasteiger partial charge in [-0.05, 0) is 36.5 Å². The molecule has 2 aliphatic rings. The van der Waals surface area contributed by atoms with Gasteiger partial charge in [0.15, 0.2) is 0 Å². The van der Waals surface area contributed by atoms with Crippen molar-refractivity contribution in [2.75, 3.05) is 26.2 Å². The first kappa shape index (κ1) is 23.5. The van der Waals surface area contributed by atoms with Gasteiger partial charge < -0.3 is 5.32 Å². The summed E-state index contributed by atoms with van der Waals surface area (Å²) in [4.78, 5) is 2.31. The van der Waals surface area contributed by atoms with Crippen LogP contribution in [0.5, 0.6) is 0 Å². The lowest BCUT2D eigenvalue weighted by atomic mass is 9.80. The average molecular weight is 417 g/mol. The maximum absolute atomic E-state index is 14.1. The normalized spacial score (nSPS) is 20.8. The number of hydrogen-bond acceptors (Lipinski definition) is 2. The van der Waals surface area contributed by atoms with Crippen LogP contribution in [0.15, 0.2) is 18.2 Å². The maximum atomic E-state index is 14.1. The second-order valence-electron chi connectivity index (χ2n) is 6.87. The number of hydrogen-bond donors (Lipinski definition) is 1. The molecule has 1 N–H and O–H groups in total. The van der Waals surface area contributed by atoms with Gasteiger partial charge in [-0.25, -0.2) is 4.39 Å². The first-order valence-electron chi connectivity index (χ1n) is 8.78. The molecule has 2 nitrogen and oxygen atoms in total. The number of alkyl halides is 3. The van der Waals surface area contributed by atoms with E-state index in [0.717, 1.165) is 64.0 Å². The van der Waals surface area contributed by atoms with Crippen molar-refractivity contribution in [2.45, 2.75) is 44.3 Å². The molecule has 0 amide bonds. The summed E-state index contributed by atoms with van der Waals surface area (Å²) in [6.45, 7) is 3.44. The molecule has 0 spiro atoms. The Morgan fingerprint density at radius 3 is 2.15 bits per heavy atom. The zero-order valence-electron chi connectivity index (χ0n) is 14.5. The van der Waals surface area contributed by atoms with Crippen molar-refractivity contribution in [3.8, 4) is 0 Å². The minimum Gasteiger partial charge on any atom is -0.314 e. The summed E-state index contributed by atoms with van der Waals surface area (Å²) >= 11 is 0. The minimum atomic E-state index is -4.64. The van der Waals surface area contributed by atoms with E-state index in [2.05, 4.69) is 10.2 Å². The number of nitrogens with zero attached hydrogens (tertiary/aromatic N) is 1. The van der Waals surface area contributed by atoms with Crippen molar-refractivity contribution in [2.24, 2.45) is 5.92 Å².